The predicted octanol–water partition coefficient (Wildman–Crippen LogP) is 1.57. The summed E-state index contributed by atoms with van der Waals surface area (Å²) in [5.74, 6) is -0.859. The summed E-state index contributed by atoms with van der Waals surface area (Å²) < 4.78 is 28.6. The molecule has 1 amide bonds. The van der Waals surface area contributed by atoms with Crippen LogP contribution in [0.25, 0.3) is 0 Å². The highest BCUT2D eigenvalue weighted by Crippen LogP contribution is 2.20. The fraction of sp³-hybridized carbons (Fsp3) is 0.588. The van der Waals surface area contributed by atoms with E-state index in [4.69, 9.17) is 4.74 Å². The maximum atomic E-state index is 12.6. The number of rotatable bonds is 9. The highest BCUT2D eigenvalue weighted by molar-refractivity contribution is 7.91. The van der Waals surface area contributed by atoms with Crippen LogP contribution < -0.4 is 5.32 Å². The molecule has 1 aromatic heterocycles. The van der Waals surface area contributed by atoms with Crippen molar-refractivity contribution < 1.29 is 22.7 Å². The standard InChI is InChI=1S/C17H25N3O5S2/c1-4-6-18-17-19-14(10-26-17)16(22)25-9-15(21)20(8-12(2)3)13-5-7-27(23,24)11-13/h4,10,12-13H,1,5-9,11H2,2-3H3,(H,18,19). The number of sulfone groups is 1. The summed E-state index contributed by atoms with van der Waals surface area (Å²) in [5, 5.41) is 5.08. The van der Waals surface area contributed by atoms with E-state index in [2.05, 4.69) is 16.9 Å². The molecule has 0 saturated carbocycles. The summed E-state index contributed by atoms with van der Waals surface area (Å²) in [6, 6.07) is -0.363. The zero-order chi connectivity index (χ0) is 20.0. The number of hydrogen-bond donors (Lipinski definition) is 1. The second kappa shape index (κ2) is 9.32. The van der Waals surface area contributed by atoms with Crippen molar-refractivity contribution in [3.63, 3.8) is 0 Å². The van der Waals surface area contributed by atoms with Gasteiger partial charge in [-0.25, -0.2) is 18.2 Å². The molecule has 27 heavy (non-hydrogen) atoms. The summed E-state index contributed by atoms with van der Waals surface area (Å²) in [4.78, 5) is 30.3. The first kappa shape index (κ1) is 21.4. The number of carbonyl (C=O) groups excluding carboxylic acids is 2. The number of ether oxygens (including phenoxy) is 1. The van der Waals surface area contributed by atoms with Crippen LogP contribution in [0.15, 0.2) is 18.0 Å². The maximum absolute atomic E-state index is 12.6. The summed E-state index contributed by atoms with van der Waals surface area (Å²) in [6.45, 7) is 7.99. The predicted molar refractivity (Wildman–Crippen MR) is 105 cm³/mol. The Morgan fingerprint density at radius 3 is 2.85 bits per heavy atom. The van der Waals surface area contributed by atoms with Crippen LogP contribution in [-0.4, -0.2) is 67.4 Å². The molecule has 0 radical (unpaired) electrons. The van der Waals surface area contributed by atoms with Crippen molar-refractivity contribution in [2.75, 3.05) is 36.5 Å². The van der Waals surface area contributed by atoms with Crippen LogP contribution in [0.2, 0.25) is 0 Å². The Balaban J connectivity index is 1.95. The molecule has 1 aromatic rings. The zero-order valence-electron chi connectivity index (χ0n) is 15.5. The molecule has 10 heteroatoms. The Labute approximate surface area is 163 Å². The van der Waals surface area contributed by atoms with Gasteiger partial charge in [-0.1, -0.05) is 19.9 Å². The topological polar surface area (TPSA) is 106 Å². The lowest BCUT2D eigenvalue weighted by Gasteiger charge is -2.29. The lowest BCUT2D eigenvalue weighted by Crippen LogP contribution is -2.45. The molecule has 1 fully saturated rings. The third-order valence-electron chi connectivity index (χ3n) is 3.97. The number of esters is 1. The number of amides is 1. The van der Waals surface area contributed by atoms with E-state index in [-0.39, 0.29) is 35.1 Å². The summed E-state index contributed by atoms with van der Waals surface area (Å²) in [5.41, 5.74) is 0.123. The van der Waals surface area contributed by atoms with Crippen molar-refractivity contribution in [1.29, 1.82) is 0 Å². The van der Waals surface area contributed by atoms with E-state index in [1.165, 1.54) is 16.2 Å². The minimum atomic E-state index is -3.11. The molecule has 1 atom stereocenters. The largest absolute Gasteiger partial charge is 0.451 e. The summed E-state index contributed by atoms with van der Waals surface area (Å²) in [6.07, 6.45) is 2.09. The lowest BCUT2D eigenvalue weighted by molar-refractivity contribution is -0.137. The molecule has 8 nitrogen and oxygen atoms in total. The third-order valence-corrected chi connectivity index (χ3v) is 6.52. The minimum Gasteiger partial charge on any atom is -0.451 e. The van der Waals surface area contributed by atoms with Crippen LogP contribution in [0.4, 0.5) is 5.13 Å². The Morgan fingerprint density at radius 2 is 2.26 bits per heavy atom. The first-order valence-corrected chi connectivity index (χ1v) is 11.4. The van der Waals surface area contributed by atoms with Crippen molar-refractivity contribution in [2.45, 2.75) is 26.3 Å². The molecule has 0 spiro atoms. The van der Waals surface area contributed by atoms with Gasteiger partial charge >= 0.3 is 5.97 Å². The van der Waals surface area contributed by atoms with Gasteiger partial charge in [0.25, 0.3) is 5.91 Å². The number of nitrogens with one attached hydrogen (secondary N) is 1. The molecule has 150 valence electrons. The molecule has 0 aliphatic carbocycles. The number of anilines is 1. The second-order valence-corrected chi connectivity index (χ2v) is 9.87. The van der Waals surface area contributed by atoms with Gasteiger partial charge in [0.15, 0.2) is 27.3 Å². The van der Waals surface area contributed by atoms with Crippen molar-refractivity contribution in [3.05, 3.63) is 23.7 Å². The fourth-order valence-corrected chi connectivity index (χ4v) is 5.18. The van der Waals surface area contributed by atoms with Crippen LogP contribution in [0.5, 0.6) is 0 Å². The Bertz CT molecular complexity index is 788. The minimum absolute atomic E-state index is 0.0379. The van der Waals surface area contributed by atoms with Gasteiger partial charge in [-0.15, -0.1) is 17.9 Å². The fourth-order valence-electron chi connectivity index (χ4n) is 2.76. The summed E-state index contributed by atoms with van der Waals surface area (Å²) in [7, 11) is -3.11. The highest BCUT2D eigenvalue weighted by Gasteiger charge is 2.35. The molecule has 1 aliphatic rings. The molecule has 1 aliphatic heterocycles. The van der Waals surface area contributed by atoms with Crippen LogP contribution in [0.3, 0.4) is 0 Å². The maximum Gasteiger partial charge on any atom is 0.358 e. The van der Waals surface area contributed by atoms with Crippen LogP contribution >= 0.6 is 11.3 Å². The van der Waals surface area contributed by atoms with Gasteiger partial charge in [0.1, 0.15) is 0 Å². The van der Waals surface area contributed by atoms with Gasteiger partial charge in [0.05, 0.1) is 11.5 Å². The molecular formula is C17H25N3O5S2. The number of hydrogen-bond acceptors (Lipinski definition) is 8. The molecule has 1 saturated heterocycles. The molecule has 0 aromatic carbocycles. The normalized spacial score (nSPS) is 18.3. The molecule has 2 heterocycles. The first-order chi connectivity index (χ1) is 12.7. The average Bonchev–Trinajstić information content (AvgIpc) is 3.21. The van der Waals surface area contributed by atoms with Gasteiger partial charge in [-0.2, -0.15) is 0 Å². The Hall–Kier alpha value is -1.94. The van der Waals surface area contributed by atoms with E-state index in [0.29, 0.717) is 24.6 Å². The van der Waals surface area contributed by atoms with Crippen LogP contribution in [-0.2, 0) is 19.4 Å². The monoisotopic (exact) mass is 415 g/mol. The van der Waals surface area contributed by atoms with E-state index in [9.17, 15) is 18.0 Å². The second-order valence-electron chi connectivity index (χ2n) is 6.78. The van der Waals surface area contributed by atoms with E-state index in [1.807, 2.05) is 13.8 Å². The number of aromatic nitrogens is 1. The quantitative estimate of drug-likeness (QED) is 0.482. The molecular weight excluding hydrogens is 390 g/mol. The SMILES string of the molecule is C=CCNc1nc(C(=O)OCC(=O)N(CC(C)C)C2CCS(=O)(=O)C2)cs1. The smallest absolute Gasteiger partial charge is 0.358 e. The van der Waals surface area contributed by atoms with E-state index >= 15 is 0 Å². The number of nitrogens with zero attached hydrogens (tertiary/aromatic N) is 2. The third kappa shape index (κ3) is 6.31. The zero-order valence-corrected chi connectivity index (χ0v) is 17.1. The van der Waals surface area contributed by atoms with Gasteiger partial charge < -0.3 is 15.0 Å². The lowest BCUT2D eigenvalue weighted by atomic mass is 10.1. The van der Waals surface area contributed by atoms with Crippen LogP contribution in [0, 0.1) is 5.92 Å². The van der Waals surface area contributed by atoms with Crippen molar-refractivity contribution in [2.24, 2.45) is 5.92 Å². The molecule has 2 rings (SSSR count). The number of thiazole rings is 1. The van der Waals surface area contributed by atoms with Gasteiger partial charge in [0, 0.05) is 24.5 Å². The molecule has 0 bridgehead atoms. The van der Waals surface area contributed by atoms with Crippen molar-refractivity contribution in [1.82, 2.24) is 9.88 Å². The van der Waals surface area contributed by atoms with E-state index < -0.39 is 22.4 Å². The molecule has 1 N–H and O–H groups in total. The number of carbonyl (C=O) groups is 2. The average molecular weight is 416 g/mol. The summed E-state index contributed by atoms with van der Waals surface area (Å²) >= 11 is 1.25. The molecule has 1 unspecified atom stereocenters. The van der Waals surface area contributed by atoms with Gasteiger partial charge in [-0.3, -0.25) is 4.79 Å². The van der Waals surface area contributed by atoms with E-state index in [0.717, 1.165) is 0 Å². The van der Waals surface area contributed by atoms with Crippen molar-refractivity contribution >= 4 is 38.2 Å². The van der Waals surface area contributed by atoms with E-state index in [1.54, 1.807) is 11.5 Å². The van der Waals surface area contributed by atoms with Crippen molar-refractivity contribution in [3.8, 4) is 0 Å². The van der Waals surface area contributed by atoms with Gasteiger partial charge in [-0.05, 0) is 12.3 Å². The first-order valence-electron chi connectivity index (χ1n) is 8.69. The highest BCUT2D eigenvalue weighted by atomic mass is 32.2. The van der Waals surface area contributed by atoms with Gasteiger partial charge in [0.2, 0.25) is 0 Å². The Kier molecular flexibility index (Phi) is 7.37. The Morgan fingerprint density at radius 1 is 1.52 bits per heavy atom. The van der Waals surface area contributed by atoms with Crippen LogP contribution in [0.1, 0.15) is 30.8 Å².